The van der Waals surface area contributed by atoms with E-state index in [-0.39, 0.29) is 12.4 Å². The molecule has 0 aliphatic heterocycles. The van der Waals surface area contributed by atoms with Gasteiger partial charge in [0.05, 0.1) is 7.11 Å². The molecular weight excluding hydrogens is 221 g/mol. The number of carbonyl (C=O) groups excluding carboxylic acids is 1. The first kappa shape index (κ1) is 13.5. The van der Waals surface area contributed by atoms with E-state index in [0.29, 0.717) is 11.5 Å². The van der Waals surface area contributed by atoms with Crippen LogP contribution in [0.3, 0.4) is 0 Å². The maximum atomic E-state index is 13.5. The van der Waals surface area contributed by atoms with Crippen molar-refractivity contribution in [3.63, 3.8) is 0 Å². The van der Waals surface area contributed by atoms with Gasteiger partial charge in [-0.2, -0.15) is 0 Å². The fourth-order valence-electron chi connectivity index (χ4n) is 1.51. The summed E-state index contributed by atoms with van der Waals surface area (Å²) in [6, 6.07) is 5.01. The van der Waals surface area contributed by atoms with Gasteiger partial charge in [-0.3, -0.25) is 0 Å². The quantitative estimate of drug-likeness (QED) is 0.876. The Hall–Kier alpha value is -1.58. The number of rotatable bonds is 4. The summed E-state index contributed by atoms with van der Waals surface area (Å²) in [6.07, 6.45) is 0.438. The monoisotopic (exact) mass is 239 g/mol. The van der Waals surface area contributed by atoms with Gasteiger partial charge in [0.1, 0.15) is 5.82 Å². The molecule has 1 atom stereocenters. The molecule has 1 unspecified atom stereocenters. The second kappa shape index (κ2) is 6.23. The summed E-state index contributed by atoms with van der Waals surface area (Å²) in [7, 11) is 1.28. The van der Waals surface area contributed by atoms with Gasteiger partial charge in [-0.15, -0.1) is 0 Å². The molecule has 0 saturated heterocycles. The summed E-state index contributed by atoms with van der Waals surface area (Å²) >= 11 is 0. The van der Waals surface area contributed by atoms with Crippen molar-refractivity contribution in [2.45, 2.75) is 32.7 Å². The fraction of sp³-hybridized carbons (Fsp3) is 0.462. The largest absolute Gasteiger partial charge is 0.453 e. The highest BCUT2D eigenvalue weighted by Gasteiger charge is 2.09. The molecule has 0 saturated carbocycles. The highest BCUT2D eigenvalue weighted by Crippen LogP contribution is 2.21. The molecule has 0 fully saturated rings. The standard InChI is InChI=1S/C13H18FNO2/c1-4-9(2)10-5-6-12(14)11(7-10)8-15-13(16)17-3/h5-7,9H,4,8H2,1-3H3,(H,15,16). The molecule has 1 amide bonds. The van der Waals surface area contributed by atoms with Gasteiger partial charge in [0.15, 0.2) is 0 Å². The van der Waals surface area contributed by atoms with Crippen LogP contribution in [0.2, 0.25) is 0 Å². The van der Waals surface area contributed by atoms with E-state index in [1.807, 2.05) is 0 Å². The van der Waals surface area contributed by atoms with E-state index in [9.17, 15) is 9.18 Å². The lowest BCUT2D eigenvalue weighted by Crippen LogP contribution is -2.23. The van der Waals surface area contributed by atoms with E-state index in [1.54, 1.807) is 12.1 Å². The Bertz CT molecular complexity index is 393. The number of methoxy groups -OCH3 is 1. The number of nitrogens with one attached hydrogen (secondary N) is 1. The topological polar surface area (TPSA) is 38.3 Å². The Morgan fingerprint density at radius 1 is 1.53 bits per heavy atom. The zero-order chi connectivity index (χ0) is 12.8. The van der Waals surface area contributed by atoms with Crippen molar-refractivity contribution >= 4 is 6.09 Å². The molecule has 1 aromatic carbocycles. The van der Waals surface area contributed by atoms with Gasteiger partial charge in [0.2, 0.25) is 0 Å². The van der Waals surface area contributed by atoms with Crippen LogP contribution in [-0.4, -0.2) is 13.2 Å². The molecule has 0 aliphatic rings. The smallest absolute Gasteiger partial charge is 0.407 e. The summed E-state index contributed by atoms with van der Waals surface area (Å²) in [6.45, 7) is 4.31. The van der Waals surface area contributed by atoms with E-state index in [1.165, 1.54) is 13.2 Å². The van der Waals surface area contributed by atoms with Crippen LogP contribution >= 0.6 is 0 Å². The molecule has 0 heterocycles. The van der Waals surface area contributed by atoms with Crippen LogP contribution in [-0.2, 0) is 11.3 Å². The lowest BCUT2D eigenvalue weighted by molar-refractivity contribution is 0.170. The van der Waals surface area contributed by atoms with Crippen LogP contribution in [0.4, 0.5) is 9.18 Å². The van der Waals surface area contributed by atoms with Gasteiger partial charge in [-0.05, 0) is 24.0 Å². The van der Waals surface area contributed by atoms with Gasteiger partial charge >= 0.3 is 6.09 Å². The average molecular weight is 239 g/mol. The third-order valence-corrected chi connectivity index (χ3v) is 2.86. The molecule has 1 rings (SSSR count). The van der Waals surface area contributed by atoms with Crippen molar-refractivity contribution < 1.29 is 13.9 Å². The third kappa shape index (κ3) is 3.73. The van der Waals surface area contributed by atoms with E-state index in [2.05, 4.69) is 23.9 Å². The summed E-state index contributed by atoms with van der Waals surface area (Å²) < 4.78 is 17.9. The molecule has 1 aromatic rings. The minimum atomic E-state index is -0.557. The molecule has 17 heavy (non-hydrogen) atoms. The van der Waals surface area contributed by atoms with Gasteiger partial charge in [0, 0.05) is 12.1 Å². The summed E-state index contributed by atoms with van der Waals surface area (Å²) in [4.78, 5) is 10.9. The van der Waals surface area contributed by atoms with Crippen LogP contribution < -0.4 is 5.32 Å². The zero-order valence-electron chi connectivity index (χ0n) is 10.4. The number of hydrogen-bond acceptors (Lipinski definition) is 2. The van der Waals surface area contributed by atoms with Crippen molar-refractivity contribution in [2.75, 3.05) is 7.11 Å². The number of carbonyl (C=O) groups is 1. The predicted octanol–water partition coefficient (Wildman–Crippen LogP) is 3.20. The first-order valence-electron chi connectivity index (χ1n) is 5.68. The molecule has 3 nitrogen and oxygen atoms in total. The first-order valence-corrected chi connectivity index (χ1v) is 5.68. The molecule has 1 N–H and O–H groups in total. The predicted molar refractivity (Wildman–Crippen MR) is 64.4 cm³/mol. The number of alkyl carbamates (subject to hydrolysis) is 1. The molecule has 94 valence electrons. The normalized spacial score (nSPS) is 12.0. The van der Waals surface area contributed by atoms with Crippen molar-refractivity contribution in [1.82, 2.24) is 5.32 Å². The van der Waals surface area contributed by atoms with Crippen LogP contribution in [0, 0.1) is 5.82 Å². The first-order chi connectivity index (χ1) is 8.08. The van der Waals surface area contributed by atoms with Crippen molar-refractivity contribution in [3.05, 3.63) is 35.1 Å². The number of halogens is 1. The van der Waals surface area contributed by atoms with Gasteiger partial charge < -0.3 is 10.1 Å². The summed E-state index contributed by atoms with van der Waals surface area (Å²) in [5.74, 6) is 0.0703. The van der Waals surface area contributed by atoms with Crippen molar-refractivity contribution in [1.29, 1.82) is 0 Å². The highest BCUT2D eigenvalue weighted by atomic mass is 19.1. The van der Waals surface area contributed by atoms with Crippen LogP contribution in [0.1, 0.15) is 37.3 Å². The number of amides is 1. The molecule has 0 aromatic heterocycles. The van der Waals surface area contributed by atoms with E-state index in [4.69, 9.17) is 0 Å². The van der Waals surface area contributed by atoms with E-state index >= 15 is 0 Å². The molecule has 0 spiro atoms. The Kier molecular flexibility index (Phi) is 4.94. The number of ether oxygens (including phenoxy) is 1. The van der Waals surface area contributed by atoms with E-state index in [0.717, 1.165) is 12.0 Å². The van der Waals surface area contributed by atoms with Crippen molar-refractivity contribution in [3.8, 4) is 0 Å². The minimum Gasteiger partial charge on any atom is -0.453 e. The number of hydrogen-bond donors (Lipinski definition) is 1. The van der Waals surface area contributed by atoms with Gasteiger partial charge in [-0.25, -0.2) is 9.18 Å². The molecule has 0 radical (unpaired) electrons. The zero-order valence-corrected chi connectivity index (χ0v) is 10.4. The SMILES string of the molecule is CCC(C)c1ccc(F)c(CNC(=O)OC)c1. The Labute approximate surface area is 101 Å². The average Bonchev–Trinajstić information content (AvgIpc) is 2.36. The van der Waals surface area contributed by atoms with Crippen molar-refractivity contribution in [2.24, 2.45) is 0 Å². The van der Waals surface area contributed by atoms with Gasteiger partial charge in [0.25, 0.3) is 0 Å². The van der Waals surface area contributed by atoms with Crippen LogP contribution in [0.15, 0.2) is 18.2 Å². The highest BCUT2D eigenvalue weighted by molar-refractivity contribution is 5.66. The molecule has 0 bridgehead atoms. The molecule has 4 heteroatoms. The lowest BCUT2D eigenvalue weighted by atomic mass is 9.96. The summed E-state index contributed by atoms with van der Waals surface area (Å²) in [5.41, 5.74) is 1.56. The maximum absolute atomic E-state index is 13.5. The third-order valence-electron chi connectivity index (χ3n) is 2.86. The Morgan fingerprint density at radius 3 is 2.82 bits per heavy atom. The minimum absolute atomic E-state index is 0.142. The Balaban J connectivity index is 2.79. The fourth-order valence-corrected chi connectivity index (χ4v) is 1.51. The Morgan fingerprint density at radius 2 is 2.24 bits per heavy atom. The summed E-state index contributed by atoms with van der Waals surface area (Å²) in [5, 5.41) is 2.47. The molecular formula is C13H18FNO2. The van der Waals surface area contributed by atoms with E-state index < -0.39 is 6.09 Å². The molecule has 0 aliphatic carbocycles. The van der Waals surface area contributed by atoms with Gasteiger partial charge in [-0.1, -0.05) is 26.0 Å². The number of benzene rings is 1. The maximum Gasteiger partial charge on any atom is 0.407 e. The van der Waals surface area contributed by atoms with Crippen LogP contribution in [0.25, 0.3) is 0 Å². The van der Waals surface area contributed by atoms with Crippen LogP contribution in [0.5, 0.6) is 0 Å². The second-order valence-corrected chi connectivity index (χ2v) is 4.01. The second-order valence-electron chi connectivity index (χ2n) is 4.01. The lowest BCUT2D eigenvalue weighted by Gasteiger charge is -2.12.